The Morgan fingerprint density at radius 2 is 2.20 bits per heavy atom. The van der Waals surface area contributed by atoms with Crippen molar-refractivity contribution < 1.29 is 5.11 Å². The van der Waals surface area contributed by atoms with Gasteiger partial charge in [-0.25, -0.2) is 4.98 Å². The monoisotopic (exact) mass is 200 g/mol. The fourth-order valence-corrected chi connectivity index (χ4v) is 1.32. The third kappa shape index (κ3) is 2.47. The van der Waals surface area contributed by atoms with Crippen LogP contribution in [-0.4, -0.2) is 14.7 Å². The van der Waals surface area contributed by atoms with Gasteiger partial charge in [0.2, 0.25) is 0 Å². The van der Waals surface area contributed by atoms with Crippen LogP contribution >= 0.6 is 0 Å². The summed E-state index contributed by atoms with van der Waals surface area (Å²) in [7, 11) is 0. The lowest BCUT2D eigenvalue weighted by Gasteiger charge is -1.98. The van der Waals surface area contributed by atoms with Gasteiger partial charge in [-0.15, -0.1) is 0 Å². The van der Waals surface area contributed by atoms with Crippen molar-refractivity contribution in [2.45, 2.75) is 6.54 Å². The van der Waals surface area contributed by atoms with Gasteiger partial charge in [0.1, 0.15) is 5.75 Å². The van der Waals surface area contributed by atoms with Gasteiger partial charge in [0.05, 0.1) is 6.33 Å². The molecule has 0 radical (unpaired) electrons. The molecule has 0 saturated heterocycles. The molecule has 0 saturated carbocycles. The highest BCUT2D eigenvalue weighted by Crippen LogP contribution is 2.16. The van der Waals surface area contributed by atoms with Gasteiger partial charge in [-0.05, 0) is 6.07 Å². The highest BCUT2D eigenvalue weighted by Gasteiger charge is 1.92. The van der Waals surface area contributed by atoms with E-state index < -0.39 is 0 Å². The lowest BCUT2D eigenvalue weighted by atomic mass is 10.2. The molecule has 1 aromatic carbocycles. The topological polar surface area (TPSA) is 38.0 Å². The first-order valence-electron chi connectivity index (χ1n) is 4.76. The molecule has 0 bridgehead atoms. The molecule has 0 atom stereocenters. The van der Waals surface area contributed by atoms with Crippen LogP contribution in [0.15, 0.2) is 49.1 Å². The Balaban J connectivity index is 2.03. The largest absolute Gasteiger partial charge is 0.507 e. The Kier molecular flexibility index (Phi) is 2.83. The van der Waals surface area contributed by atoms with Crippen molar-refractivity contribution in [2.24, 2.45) is 0 Å². The van der Waals surface area contributed by atoms with E-state index in [-0.39, 0.29) is 0 Å². The van der Waals surface area contributed by atoms with Gasteiger partial charge in [-0.1, -0.05) is 30.4 Å². The second kappa shape index (κ2) is 4.46. The summed E-state index contributed by atoms with van der Waals surface area (Å²) in [6, 6.07) is 7.26. The third-order valence-corrected chi connectivity index (χ3v) is 2.11. The Morgan fingerprint density at radius 1 is 1.33 bits per heavy atom. The zero-order valence-electron chi connectivity index (χ0n) is 8.24. The number of aromatic hydroxyl groups is 1. The molecule has 2 aromatic rings. The van der Waals surface area contributed by atoms with Gasteiger partial charge >= 0.3 is 0 Å². The van der Waals surface area contributed by atoms with E-state index in [2.05, 4.69) is 4.98 Å². The van der Waals surface area contributed by atoms with Crippen LogP contribution in [0.2, 0.25) is 0 Å². The van der Waals surface area contributed by atoms with Gasteiger partial charge in [0, 0.05) is 24.5 Å². The molecule has 1 aromatic heterocycles. The fourth-order valence-electron chi connectivity index (χ4n) is 1.32. The second-order valence-electron chi connectivity index (χ2n) is 3.22. The predicted octanol–water partition coefficient (Wildman–Crippen LogP) is 2.30. The summed E-state index contributed by atoms with van der Waals surface area (Å²) >= 11 is 0. The SMILES string of the molecule is Oc1ccccc1/C=C/Cn1ccnc1. The summed E-state index contributed by atoms with van der Waals surface area (Å²) in [5, 5.41) is 9.50. The van der Waals surface area contributed by atoms with Crippen LogP contribution in [0.4, 0.5) is 0 Å². The van der Waals surface area contributed by atoms with Crippen molar-refractivity contribution in [1.29, 1.82) is 0 Å². The number of aromatic nitrogens is 2. The van der Waals surface area contributed by atoms with Crippen LogP contribution < -0.4 is 0 Å². The summed E-state index contributed by atoms with van der Waals surface area (Å²) in [6.45, 7) is 0.758. The van der Waals surface area contributed by atoms with Gasteiger partial charge in [0.25, 0.3) is 0 Å². The summed E-state index contributed by atoms with van der Waals surface area (Å²) < 4.78 is 1.95. The van der Waals surface area contributed by atoms with Gasteiger partial charge < -0.3 is 9.67 Å². The summed E-state index contributed by atoms with van der Waals surface area (Å²) in [5.41, 5.74) is 0.831. The standard InChI is InChI=1S/C12H12N2O/c15-12-6-2-1-4-11(12)5-3-8-14-9-7-13-10-14/h1-7,9-10,15H,8H2/b5-3+. The summed E-state index contributed by atoms with van der Waals surface area (Å²) in [6.07, 6.45) is 9.28. The molecule has 0 fully saturated rings. The summed E-state index contributed by atoms with van der Waals surface area (Å²) in [5.74, 6) is 0.305. The maximum Gasteiger partial charge on any atom is 0.122 e. The van der Waals surface area contributed by atoms with E-state index in [9.17, 15) is 5.11 Å². The molecule has 15 heavy (non-hydrogen) atoms. The summed E-state index contributed by atoms with van der Waals surface area (Å²) in [4.78, 5) is 3.95. The van der Waals surface area contributed by atoms with Gasteiger partial charge in [-0.3, -0.25) is 0 Å². The molecule has 2 rings (SSSR count). The average molecular weight is 200 g/mol. The fraction of sp³-hybridized carbons (Fsp3) is 0.0833. The van der Waals surface area contributed by atoms with E-state index in [4.69, 9.17) is 0 Å². The molecular formula is C12H12N2O. The molecule has 0 aliphatic rings. The highest BCUT2D eigenvalue weighted by molar-refractivity contribution is 5.56. The molecule has 1 heterocycles. The number of benzene rings is 1. The Hall–Kier alpha value is -2.03. The van der Waals surface area contributed by atoms with Crippen LogP contribution in [0.5, 0.6) is 5.75 Å². The smallest absolute Gasteiger partial charge is 0.122 e. The maximum absolute atomic E-state index is 9.50. The van der Waals surface area contributed by atoms with Crippen LogP contribution in [0.25, 0.3) is 6.08 Å². The highest BCUT2D eigenvalue weighted by atomic mass is 16.3. The van der Waals surface area contributed by atoms with Crippen LogP contribution in [-0.2, 0) is 6.54 Å². The number of allylic oxidation sites excluding steroid dienone is 1. The first-order chi connectivity index (χ1) is 7.36. The average Bonchev–Trinajstić information content (AvgIpc) is 2.74. The molecule has 0 unspecified atom stereocenters. The molecule has 0 aliphatic carbocycles. The number of para-hydroxylation sites is 1. The number of imidazole rings is 1. The zero-order valence-corrected chi connectivity index (χ0v) is 8.24. The van der Waals surface area contributed by atoms with E-state index in [0.717, 1.165) is 12.1 Å². The first kappa shape index (κ1) is 9.52. The van der Waals surface area contributed by atoms with Crippen molar-refractivity contribution in [3.63, 3.8) is 0 Å². The molecule has 1 N–H and O–H groups in total. The third-order valence-electron chi connectivity index (χ3n) is 2.11. The number of phenolic OH excluding ortho intramolecular Hbond substituents is 1. The lowest BCUT2D eigenvalue weighted by Crippen LogP contribution is -1.89. The number of rotatable bonds is 3. The van der Waals surface area contributed by atoms with E-state index in [1.54, 1.807) is 18.6 Å². The molecule has 0 amide bonds. The number of nitrogens with zero attached hydrogens (tertiary/aromatic N) is 2. The minimum absolute atomic E-state index is 0.305. The molecule has 0 aliphatic heterocycles. The lowest BCUT2D eigenvalue weighted by molar-refractivity contribution is 0.474. The minimum Gasteiger partial charge on any atom is -0.507 e. The molecule has 3 nitrogen and oxygen atoms in total. The van der Waals surface area contributed by atoms with E-state index in [0.29, 0.717) is 5.75 Å². The maximum atomic E-state index is 9.50. The van der Waals surface area contributed by atoms with E-state index in [1.807, 2.05) is 41.1 Å². The number of hydrogen-bond acceptors (Lipinski definition) is 2. The van der Waals surface area contributed by atoms with E-state index >= 15 is 0 Å². The minimum atomic E-state index is 0.305. The normalized spacial score (nSPS) is 10.9. The van der Waals surface area contributed by atoms with Crippen molar-refractivity contribution in [2.75, 3.05) is 0 Å². The Bertz CT molecular complexity index is 446. The number of phenols is 1. The molecule has 76 valence electrons. The van der Waals surface area contributed by atoms with E-state index in [1.165, 1.54) is 0 Å². The number of hydrogen-bond donors (Lipinski definition) is 1. The second-order valence-corrected chi connectivity index (χ2v) is 3.22. The van der Waals surface area contributed by atoms with Crippen molar-refractivity contribution >= 4 is 6.08 Å². The quantitative estimate of drug-likeness (QED) is 0.825. The Labute approximate surface area is 88.3 Å². The molecule has 0 spiro atoms. The van der Waals surface area contributed by atoms with Crippen molar-refractivity contribution in [3.05, 3.63) is 54.6 Å². The zero-order chi connectivity index (χ0) is 10.5. The van der Waals surface area contributed by atoms with Crippen molar-refractivity contribution in [1.82, 2.24) is 9.55 Å². The molecular weight excluding hydrogens is 188 g/mol. The first-order valence-corrected chi connectivity index (χ1v) is 4.76. The Morgan fingerprint density at radius 3 is 2.93 bits per heavy atom. The van der Waals surface area contributed by atoms with Gasteiger partial charge in [0.15, 0.2) is 0 Å². The molecule has 3 heteroatoms. The predicted molar refractivity (Wildman–Crippen MR) is 59.4 cm³/mol. The van der Waals surface area contributed by atoms with Crippen LogP contribution in [0.1, 0.15) is 5.56 Å². The van der Waals surface area contributed by atoms with Crippen LogP contribution in [0.3, 0.4) is 0 Å². The van der Waals surface area contributed by atoms with Crippen molar-refractivity contribution in [3.8, 4) is 5.75 Å². The van der Waals surface area contributed by atoms with Crippen LogP contribution in [0, 0.1) is 0 Å². The van der Waals surface area contributed by atoms with Gasteiger partial charge in [-0.2, -0.15) is 0 Å².